The summed E-state index contributed by atoms with van der Waals surface area (Å²) in [7, 11) is 0. The molecule has 1 aliphatic heterocycles. The van der Waals surface area contributed by atoms with E-state index in [-0.39, 0.29) is 5.91 Å². The summed E-state index contributed by atoms with van der Waals surface area (Å²) >= 11 is 11.7. The van der Waals surface area contributed by atoms with Gasteiger partial charge in [-0.3, -0.25) is 14.4 Å². The van der Waals surface area contributed by atoms with Crippen LogP contribution in [0.25, 0.3) is 0 Å². The minimum absolute atomic E-state index is 0.320. The van der Waals surface area contributed by atoms with Crippen molar-refractivity contribution in [1.29, 1.82) is 0 Å². The van der Waals surface area contributed by atoms with Crippen LogP contribution in [0.15, 0.2) is 18.2 Å². The number of hydrogen-bond acceptors (Lipinski definition) is 3. The maximum Gasteiger partial charge on any atom is 0.322 e. The normalized spacial score (nSPS) is 17.9. The first-order valence-corrected chi connectivity index (χ1v) is 6.91. The summed E-state index contributed by atoms with van der Waals surface area (Å²) in [5.41, 5.74) is 0.558. The van der Waals surface area contributed by atoms with E-state index < -0.39 is 24.3 Å². The van der Waals surface area contributed by atoms with Gasteiger partial charge in [0.2, 0.25) is 11.8 Å². The van der Waals surface area contributed by atoms with Gasteiger partial charge in [0.1, 0.15) is 12.5 Å². The molecule has 0 aromatic heterocycles. The van der Waals surface area contributed by atoms with Crippen molar-refractivity contribution in [2.45, 2.75) is 6.42 Å². The standard InChI is InChI=1S/C13H12Cl2N2O4/c14-9-2-1-7(5-10(9)15)17-4-3-8(13(17)21)12(20)16-6-11(18)19/h1-2,5,8H,3-4,6H2,(H,16,20)(H,18,19)/t8-/m1/s1. The molecule has 112 valence electrons. The highest BCUT2D eigenvalue weighted by molar-refractivity contribution is 6.42. The van der Waals surface area contributed by atoms with Crippen LogP contribution in [0.2, 0.25) is 10.0 Å². The first-order valence-electron chi connectivity index (χ1n) is 6.16. The summed E-state index contributed by atoms with van der Waals surface area (Å²) in [5, 5.41) is 11.4. The van der Waals surface area contributed by atoms with Gasteiger partial charge in [0, 0.05) is 12.2 Å². The Kier molecular flexibility index (Phi) is 4.69. The maximum atomic E-state index is 12.2. The molecule has 0 saturated carbocycles. The number of halogens is 2. The molecular weight excluding hydrogens is 319 g/mol. The molecule has 0 unspecified atom stereocenters. The van der Waals surface area contributed by atoms with E-state index in [2.05, 4.69) is 5.32 Å². The van der Waals surface area contributed by atoms with E-state index in [4.69, 9.17) is 28.3 Å². The molecule has 2 N–H and O–H groups in total. The number of anilines is 1. The van der Waals surface area contributed by atoms with Gasteiger partial charge in [-0.1, -0.05) is 23.2 Å². The molecule has 1 saturated heterocycles. The van der Waals surface area contributed by atoms with Crippen LogP contribution < -0.4 is 10.2 Å². The molecule has 0 spiro atoms. The second-order valence-electron chi connectivity index (χ2n) is 4.54. The quantitative estimate of drug-likeness (QED) is 0.820. The van der Waals surface area contributed by atoms with Crippen molar-refractivity contribution >= 4 is 46.7 Å². The number of nitrogens with zero attached hydrogens (tertiary/aromatic N) is 1. The first-order chi connectivity index (χ1) is 9.90. The molecule has 1 fully saturated rings. The van der Waals surface area contributed by atoms with Crippen LogP contribution in [0.5, 0.6) is 0 Å². The third-order valence-corrected chi connectivity index (χ3v) is 3.89. The Morgan fingerprint density at radius 2 is 2.05 bits per heavy atom. The van der Waals surface area contributed by atoms with Gasteiger partial charge in [-0.15, -0.1) is 0 Å². The summed E-state index contributed by atoms with van der Waals surface area (Å²) in [6.45, 7) is -0.142. The highest BCUT2D eigenvalue weighted by Crippen LogP contribution is 2.31. The highest BCUT2D eigenvalue weighted by atomic mass is 35.5. The smallest absolute Gasteiger partial charge is 0.322 e. The summed E-state index contributed by atoms with van der Waals surface area (Å²) in [6, 6.07) is 4.77. The predicted molar refractivity (Wildman–Crippen MR) is 77.6 cm³/mol. The van der Waals surface area contributed by atoms with Crippen molar-refractivity contribution in [1.82, 2.24) is 5.32 Å². The van der Waals surface area contributed by atoms with Crippen LogP contribution in [-0.2, 0) is 14.4 Å². The molecule has 1 aromatic rings. The predicted octanol–water partition coefficient (Wildman–Crippen LogP) is 1.55. The van der Waals surface area contributed by atoms with Crippen LogP contribution in [0.4, 0.5) is 5.69 Å². The molecule has 21 heavy (non-hydrogen) atoms. The number of carbonyl (C=O) groups is 3. The minimum Gasteiger partial charge on any atom is -0.480 e. The van der Waals surface area contributed by atoms with Crippen molar-refractivity contribution in [3.8, 4) is 0 Å². The number of aliphatic carboxylic acids is 1. The fourth-order valence-corrected chi connectivity index (χ4v) is 2.41. The van der Waals surface area contributed by atoms with Gasteiger partial charge >= 0.3 is 5.97 Å². The number of carbonyl (C=O) groups excluding carboxylic acids is 2. The average Bonchev–Trinajstić information content (AvgIpc) is 2.81. The molecule has 0 aliphatic carbocycles. The Balaban J connectivity index is 2.08. The lowest BCUT2D eigenvalue weighted by molar-refractivity contribution is -0.140. The minimum atomic E-state index is -1.16. The molecule has 1 aromatic carbocycles. The van der Waals surface area contributed by atoms with E-state index in [1.165, 1.54) is 4.90 Å². The number of carboxylic acids is 1. The summed E-state index contributed by atoms with van der Waals surface area (Å²) in [6.07, 6.45) is 0.324. The SMILES string of the molecule is O=C(O)CNC(=O)[C@H]1CCN(c2ccc(Cl)c(Cl)c2)C1=O. The fraction of sp³-hybridized carbons (Fsp3) is 0.308. The van der Waals surface area contributed by atoms with Crippen LogP contribution in [0, 0.1) is 5.92 Å². The monoisotopic (exact) mass is 330 g/mol. The lowest BCUT2D eigenvalue weighted by atomic mass is 10.1. The number of carboxylic acid groups (broad SMARTS) is 1. The molecule has 8 heteroatoms. The van der Waals surface area contributed by atoms with E-state index >= 15 is 0 Å². The number of rotatable bonds is 4. The average molecular weight is 331 g/mol. The van der Waals surface area contributed by atoms with Crippen molar-refractivity contribution < 1.29 is 19.5 Å². The topological polar surface area (TPSA) is 86.7 Å². The second-order valence-corrected chi connectivity index (χ2v) is 5.36. The van der Waals surface area contributed by atoms with Crippen LogP contribution in [0.3, 0.4) is 0 Å². The number of nitrogens with one attached hydrogen (secondary N) is 1. The van der Waals surface area contributed by atoms with E-state index in [1.807, 2.05) is 0 Å². The van der Waals surface area contributed by atoms with Gasteiger partial charge in [-0.25, -0.2) is 0 Å². The number of benzene rings is 1. The molecule has 1 aliphatic rings. The first kappa shape index (κ1) is 15.6. The molecule has 2 rings (SSSR count). The third kappa shape index (κ3) is 3.46. The lowest BCUT2D eigenvalue weighted by Gasteiger charge is -2.17. The van der Waals surface area contributed by atoms with Gasteiger partial charge in [0.05, 0.1) is 10.0 Å². The second kappa shape index (κ2) is 6.32. The van der Waals surface area contributed by atoms with Gasteiger partial charge in [-0.05, 0) is 24.6 Å². The number of amides is 2. The Bertz CT molecular complexity index is 606. The van der Waals surface area contributed by atoms with Crippen molar-refractivity contribution in [2.75, 3.05) is 18.0 Å². The highest BCUT2D eigenvalue weighted by Gasteiger charge is 2.37. The molecule has 0 bridgehead atoms. The molecular formula is C13H12Cl2N2O4. The molecule has 0 radical (unpaired) electrons. The summed E-state index contributed by atoms with van der Waals surface area (Å²) in [5.74, 6) is -2.99. The van der Waals surface area contributed by atoms with Gasteiger partial charge < -0.3 is 15.3 Å². The maximum absolute atomic E-state index is 12.2. The van der Waals surface area contributed by atoms with E-state index in [1.54, 1.807) is 18.2 Å². The van der Waals surface area contributed by atoms with E-state index in [9.17, 15) is 14.4 Å². The zero-order valence-electron chi connectivity index (χ0n) is 10.8. The Morgan fingerprint density at radius 3 is 2.67 bits per heavy atom. The fourth-order valence-electron chi connectivity index (χ4n) is 2.12. The third-order valence-electron chi connectivity index (χ3n) is 3.15. The summed E-state index contributed by atoms with van der Waals surface area (Å²) in [4.78, 5) is 35.9. The molecule has 1 atom stereocenters. The van der Waals surface area contributed by atoms with Crippen molar-refractivity contribution in [3.05, 3.63) is 28.2 Å². The number of hydrogen-bond donors (Lipinski definition) is 2. The Morgan fingerprint density at radius 1 is 1.33 bits per heavy atom. The van der Waals surface area contributed by atoms with Crippen LogP contribution in [0.1, 0.15) is 6.42 Å². The van der Waals surface area contributed by atoms with Gasteiger partial charge in [-0.2, -0.15) is 0 Å². The van der Waals surface area contributed by atoms with Gasteiger partial charge in [0.25, 0.3) is 0 Å². The molecule has 6 nitrogen and oxygen atoms in total. The summed E-state index contributed by atoms with van der Waals surface area (Å²) < 4.78 is 0. The Labute approximate surface area is 130 Å². The van der Waals surface area contributed by atoms with Crippen LogP contribution >= 0.6 is 23.2 Å². The van der Waals surface area contributed by atoms with E-state index in [0.717, 1.165) is 0 Å². The van der Waals surface area contributed by atoms with E-state index in [0.29, 0.717) is 28.7 Å². The van der Waals surface area contributed by atoms with Crippen LogP contribution in [-0.4, -0.2) is 36.0 Å². The van der Waals surface area contributed by atoms with Gasteiger partial charge in [0.15, 0.2) is 0 Å². The molecule has 1 heterocycles. The zero-order chi connectivity index (χ0) is 15.6. The van der Waals surface area contributed by atoms with Crippen molar-refractivity contribution in [2.24, 2.45) is 5.92 Å². The Hall–Kier alpha value is -1.79. The van der Waals surface area contributed by atoms with Crippen molar-refractivity contribution in [3.63, 3.8) is 0 Å². The zero-order valence-corrected chi connectivity index (χ0v) is 12.3. The lowest BCUT2D eigenvalue weighted by Crippen LogP contribution is -2.38. The molecule has 2 amide bonds. The largest absolute Gasteiger partial charge is 0.480 e.